The summed E-state index contributed by atoms with van der Waals surface area (Å²) in [7, 11) is 1.69. The molecule has 0 aliphatic carbocycles. The molecule has 0 amide bonds. The highest BCUT2D eigenvalue weighted by Crippen LogP contribution is 2.37. The molecule has 0 spiro atoms. The number of hydrogen-bond donors (Lipinski definition) is 5. The predicted molar refractivity (Wildman–Crippen MR) is 247 cm³/mol. The summed E-state index contributed by atoms with van der Waals surface area (Å²) in [5.41, 5.74) is 10.00. The average molecular weight is 907 g/mol. The fraction of sp³-hybridized carbons (Fsp3) is 0.245. The average Bonchev–Trinajstić information content (AvgIpc) is 3.28. The maximum Gasteiger partial charge on any atom is 0.323 e. The minimum Gasteiger partial charge on any atom is -0.488 e. The fourth-order valence-electron chi connectivity index (χ4n) is 6.96. The van der Waals surface area contributed by atoms with Gasteiger partial charge in [-0.05, 0) is 78.4 Å². The van der Waals surface area contributed by atoms with Crippen LogP contribution in [0.3, 0.4) is 0 Å². The van der Waals surface area contributed by atoms with Gasteiger partial charge in [0, 0.05) is 96.3 Å². The van der Waals surface area contributed by atoms with E-state index in [2.05, 4.69) is 32.4 Å². The van der Waals surface area contributed by atoms with Gasteiger partial charge < -0.3 is 39.7 Å². The molecule has 0 radical (unpaired) electrons. The highest BCUT2D eigenvalue weighted by atomic mass is 35.5. The third-order valence-electron chi connectivity index (χ3n) is 10.5. The number of aromatic nitrogens is 2. The lowest BCUT2D eigenvalue weighted by Crippen LogP contribution is -2.44. The Hall–Kier alpha value is -6.35. The number of benzene rings is 4. The van der Waals surface area contributed by atoms with Crippen LogP contribution in [0, 0.1) is 19.3 Å². The number of aliphatic hydroxyl groups excluding tert-OH is 2. The molecule has 13 nitrogen and oxygen atoms in total. The van der Waals surface area contributed by atoms with Crippen molar-refractivity contribution in [2.75, 3.05) is 7.05 Å². The third-order valence-corrected chi connectivity index (χ3v) is 11.1. The summed E-state index contributed by atoms with van der Waals surface area (Å²) in [6.07, 6.45) is 8.38. The monoisotopic (exact) mass is 905 g/mol. The Kier molecular flexibility index (Phi) is 16.4. The number of pyridine rings is 2. The summed E-state index contributed by atoms with van der Waals surface area (Å²) >= 11 is 13.4. The third kappa shape index (κ3) is 12.0. The summed E-state index contributed by atoms with van der Waals surface area (Å²) < 4.78 is 25.0. The van der Waals surface area contributed by atoms with Gasteiger partial charge >= 0.3 is 5.97 Å². The molecular formula is C49H49Cl2N5O8. The molecule has 0 fully saturated rings. The first kappa shape index (κ1) is 47.1. The summed E-state index contributed by atoms with van der Waals surface area (Å²) in [4.78, 5) is 24.3. The van der Waals surface area contributed by atoms with E-state index in [4.69, 9.17) is 47.6 Å². The van der Waals surface area contributed by atoms with Crippen LogP contribution in [0.1, 0.15) is 62.6 Å². The number of hydrogen-bond acceptors (Lipinski definition) is 12. The number of nitrogens with one attached hydrogen (secondary N) is 2. The van der Waals surface area contributed by atoms with Crippen molar-refractivity contribution in [2.45, 2.75) is 72.5 Å². The zero-order valence-corrected chi connectivity index (χ0v) is 37.3. The van der Waals surface area contributed by atoms with Crippen LogP contribution in [-0.2, 0) is 44.4 Å². The Balaban J connectivity index is 1.19. The van der Waals surface area contributed by atoms with Crippen molar-refractivity contribution in [1.29, 1.82) is 5.41 Å². The number of aliphatic imine (C=N–C) groups is 1. The van der Waals surface area contributed by atoms with E-state index in [9.17, 15) is 20.1 Å². The van der Waals surface area contributed by atoms with E-state index in [0.717, 1.165) is 50.1 Å². The molecule has 6 rings (SSSR count). The second-order valence-electron chi connectivity index (χ2n) is 15.0. The van der Waals surface area contributed by atoms with Gasteiger partial charge in [-0.1, -0.05) is 59.6 Å². The number of rotatable bonds is 21. The lowest BCUT2D eigenvalue weighted by molar-refractivity contribution is -0.142. The van der Waals surface area contributed by atoms with Gasteiger partial charge in [-0.2, -0.15) is 0 Å². The van der Waals surface area contributed by atoms with E-state index in [1.165, 1.54) is 13.1 Å². The predicted octanol–water partition coefficient (Wildman–Crippen LogP) is 8.85. The molecule has 4 aromatic carbocycles. The molecule has 64 heavy (non-hydrogen) atoms. The first-order chi connectivity index (χ1) is 30.9. The van der Waals surface area contributed by atoms with Crippen molar-refractivity contribution < 1.29 is 39.1 Å². The minimum atomic E-state index is -1.22. The van der Waals surface area contributed by atoms with Crippen LogP contribution >= 0.6 is 23.2 Å². The van der Waals surface area contributed by atoms with E-state index in [1.807, 2.05) is 44.2 Å². The van der Waals surface area contributed by atoms with Crippen molar-refractivity contribution in [3.8, 4) is 34.1 Å². The Morgan fingerprint density at radius 2 is 1.23 bits per heavy atom. The highest BCUT2D eigenvalue weighted by molar-refractivity contribution is 6.32. The molecule has 2 heterocycles. The molecule has 2 atom stereocenters. The molecule has 0 saturated carbocycles. The number of carboxylic acids is 1. The molecule has 0 aliphatic rings. The Morgan fingerprint density at radius 1 is 0.734 bits per heavy atom. The number of carbonyl (C=O) groups is 1. The summed E-state index contributed by atoms with van der Waals surface area (Å²) in [5.74, 6) is 0.395. The number of ether oxygens (including phenoxy) is 4. The zero-order valence-electron chi connectivity index (χ0n) is 35.8. The van der Waals surface area contributed by atoms with Gasteiger partial charge in [-0.3, -0.25) is 25.1 Å². The molecule has 15 heteroatoms. The molecule has 2 aromatic heterocycles. The zero-order chi connectivity index (χ0) is 45.8. The number of aliphatic hydroxyl groups is 2. The SMILES string of the molecule is CN=Cc1cncc(COc2cc(OCc3cccc(-c4cccc(COc5cc(OCc6cncc(C=N)c6)c(CN[C@@H](C(=O)O)[C@@H](C)O)cc5Cl)c4C)c3C)c(Cl)cc2CO)c1. The topological polar surface area (TPSA) is 189 Å². The molecule has 0 aliphatic heterocycles. The van der Waals surface area contributed by atoms with Gasteiger partial charge in [0.15, 0.2) is 0 Å². The number of aliphatic carboxylic acids is 1. The van der Waals surface area contributed by atoms with Gasteiger partial charge in [-0.25, -0.2) is 0 Å². The summed E-state index contributed by atoms with van der Waals surface area (Å²) in [6, 6.07) is 21.2. The van der Waals surface area contributed by atoms with Crippen LogP contribution < -0.4 is 24.3 Å². The Bertz CT molecular complexity index is 2640. The van der Waals surface area contributed by atoms with Crippen LogP contribution in [0.5, 0.6) is 23.0 Å². The second kappa shape index (κ2) is 22.3. The molecule has 0 bridgehead atoms. The molecule has 0 unspecified atom stereocenters. The van der Waals surface area contributed by atoms with E-state index < -0.39 is 18.1 Å². The molecule has 332 valence electrons. The van der Waals surface area contributed by atoms with E-state index in [0.29, 0.717) is 44.7 Å². The molecule has 0 saturated heterocycles. The number of halogens is 2. The summed E-state index contributed by atoms with van der Waals surface area (Å²) in [6.45, 7) is 5.95. The Morgan fingerprint density at radius 3 is 1.73 bits per heavy atom. The quantitative estimate of drug-likeness (QED) is 0.0434. The van der Waals surface area contributed by atoms with Crippen molar-refractivity contribution in [1.82, 2.24) is 15.3 Å². The Labute approximate surface area is 381 Å². The van der Waals surface area contributed by atoms with E-state index in [1.54, 1.807) is 68.4 Å². The molecule has 6 aromatic rings. The van der Waals surface area contributed by atoms with E-state index in [-0.39, 0.29) is 44.6 Å². The normalized spacial score (nSPS) is 12.2. The minimum absolute atomic E-state index is 0.0303. The standard InChI is InChI=1S/C49H49Cl2N5O8/c1-29-36(27-63-46-15-44(61-25-34-11-32(17-52)19-54-21-34)38(13-42(46)50)23-56-48(31(3)58)49(59)60)7-5-9-40(29)41-10-6-8-37(30(41)2)28-64-47-16-45(39(24-57)14-43(47)51)62-26-35-12-33(18-53-4)20-55-22-35/h5-22,31,48,52,56-58H,23-28H2,1-4H3,(H,59,60)/t31-,48-/m1/s1. The van der Waals surface area contributed by atoms with E-state index >= 15 is 0 Å². The second-order valence-corrected chi connectivity index (χ2v) is 15.8. The van der Waals surface area contributed by atoms with Crippen LogP contribution in [0.15, 0.2) is 103 Å². The number of nitrogens with zero attached hydrogens (tertiary/aromatic N) is 3. The van der Waals surface area contributed by atoms with Crippen molar-refractivity contribution in [3.63, 3.8) is 0 Å². The molecular weight excluding hydrogens is 857 g/mol. The van der Waals surface area contributed by atoms with Gasteiger partial charge in [0.25, 0.3) is 0 Å². The van der Waals surface area contributed by atoms with Crippen LogP contribution in [0.2, 0.25) is 10.0 Å². The smallest absolute Gasteiger partial charge is 0.323 e. The summed E-state index contributed by atoms with van der Waals surface area (Å²) in [5, 5.41) is 40.8. The van der Waals surface area contributed by atoms with Gasteiger partial charge in [0.1, 0.15) is 55.5 Å². The lowest BCUT2D eigenvalue weighted by atomic mass is 9.92. The van der Waals surface area contributed by atoms with Gasteiger partial charge in [-0.15, -0.1) is 0 Å². The van der Waals surface area contributed by atoms with Gasteiger partial charge in [0.2, 0.25) is 0 Å². The molecule has 5 N–H and O–H groups in total. The largest absolute Gasteiger partial charge is 0.488 e. The first-order valence-electron chi connectivity index (χ1n) is 20.3. The van der Waals surface area contributed by atoms with Crippen molar-refractivity contribution >= 4 is 41.6 Å². The first-order valence-corrected chi connectivity index (χ1v) is 21.0. The lowest BCUT2D eigenvalue weighted by Gasteiger charge is -2.20. The number of carboxylic acid groups (broad SMARTS) is 1. The van der Waals surface area contributed by atoms with Crippen LogP contribution in [-0.4, -0.2) is 62.9 Å². The maximum atomic E-state index is 11.8. The maximum absolute atomic E-state index is 11.8. The van der Waals surface area contributed by atoms with Crippen molar-refractivity contribution in [2.24, 2.45) is 4.99 Å². The van der Waals surface area contributed by atoms with Crippen LogP contribution in [0.25, 0.3) is 11.1 Å². The van der Waals surface area contributed by atoms with Gasteiger partial charge in [0.05, 0.1) is 22.8 Å². The van der Waals surface area contributed by atoms with Crippen molar-refractivity contribution in [3.05, 3.63) is 163 Å². The highest BCUT2D eigenvalue weighted by Gasteiger charge is 2.24. The van der Waals surface area contributed by atoms with Crippen LogP contribution in [0.4, 0.5) is 0 Å². The fourth-order valence-corrected chi connectivity index (χ4v) is 7.44.